The van der Waals surface area contributed by atoms with Gasteiger partial charge in [0.05, 0.1) is 13.7 Å². The second-order valence-electron chi connectivity index (χ2n) is 6.18. The summed E-state index contributed by atoms with van der Waals surface area (Å²) in [5, 5.41) is 2.97. The predicted octanol–water partition coefficient (Wildman–Crippen LogP) is 3.79. The van der Waals surface area contributed by atoms with Gasteiger partial charge >= 0.3 is 6.03 Å². The molecule has 0 radical (unpaired) electrons. The maximum Gasteiger partial charge on any atom is 0.317 e. The minimum Gasteiger partial charge on any atom is -0.493 e. The topological polar surface area (TPSA) is 50.8 Å². The van der Waals surface area contributed by atoms with Gasteiger partial charge in [0.1, 0.15) is 0 Å². The van der Waals surface area contributed by atoms with E-state index in [2.05, 4.69) is 24.4 Å². The van der Waals surface area contributed by atoms with Crippen LogP contribution in [0.15, 0.2) is 42.5 Å². The van der Waals surface area contributed by atoms with Crippen LogP contribution < -0.4 is 14.8 Å². The lowest BCUT2D eigenvalue weighted by molar-refractivity contribution is 0.207. The fraction of sp³-hybridized carbons (Fsp3) is 0.381. The number of hydrogen-bond acceptors (Lipinski definition) is 3. The van der Waals surface area contributed by atoms with Gasteiger partial charge in [-0.25, -0.2) is 4.79 Å². The van der Waals surface area contributed by atoms with Crippen molar-refractivity contribution in [1.29, 1.82) is 0 Å². The molecule has 0 bridgehead atoms. The molecule has 140 valence electrons. The number of nitrogens with one attached hydrogen (secondary N) is 1. The standard InChI is InChI=1S/C21H28N2O3/c1-5-26-19-11-10-17(14-20(19)25-4)15-23(3)21(24)22-13-12-18-9-7-6-8-16(18)2/h6-11,14H,5,12-13,15H2,1-4H3,(H,22,24). The van der Waals surface area contributed by atoms with Gasteiger partial charge in [-0.3, -0.25) is 0 Å². The van der Waals surface area contributed by atoms with Crippen molar-refractivity contribution in [1.82, 2.24) is 10.2 Å². The molecule has 5 heteroatoms. The zero-order valence-corrected chi connectivity index (χ0v) is 16.0. The molecule has 2 aromatic rings. The molecule has 1 N–H and O–H groups in total. The van der Waals surface area contributed by atoms with Crippen molar-refractivity contribution in [3.63, 3.8) is 0 Å². The Bertz CT molecular complexity index is 731. The first kappa shape index (κ1) is 19.6. The average molecular weight is 356 g/mol. The molecule has 5 nitrogen and oxygen atoms in total. The summed E-state index contributed by atoms with van der Waals surface area (Å²) in [6.45, 7) is 5.71. The number of amides is 2. The summed E-state index contributed by atoms with van der Waals surface area (Å²) in [6, 6.07) is 13.9. The van der Waals surface area contributed by atoms with Gasteiger partial charge in [0, 0.05) is 20.1 Å². The Labute approximate surface area is 155 Å². The SMILES string of the molecule is CCOc1ccc(CN(C)C(=O)NCCc2ccccc2C)cc1OC. The summed E-state index contributed by atoms with van der Waals surface area (Å²) in [4.78, 5) is 14.0. The van der Waals surface area contributed by atoms with E-state index in [0.717, 1.165) is 12.0 Å². The molecule has 0 aliphatic rings. The highest BCUT2D eigenvalue weighted by molar-refractivity contribution is 5.73. The fourth-order valence-corrected chi connectivity index (χ4v) is 2.76. The zero-order valence-electron chi connectivity index (χ0n) is 16.0. The Kier molecular flexibility index (Phi) is 7.33. The molecular weight excluding hydrogens is 328 g/mol. The molecule has 2 amide bonds. The van der Waals surface area contributed by atoms with Gasteiger partial charge in [-0.05, 0) is 49.1 Å². The predicted molar refractivity (Wildman–Crippen MR) is 104 cm³/mol. The minimum atomic E-state index is -0.0913. The van der Waals surface area contributed by atoms with Crippen LogP contribution in [0.25, 0.3) is 0 Å². The zero-order chi connectivity index (χ0) is 18.9. The normalized spacial score (nSPS) is 10.3. The Morgan fingerprint density at radius 3 is 2.62 bits per heavy atom. The lowest BCUT2D eigenvalue weighted by atomic mass is 10.1. The third-order valence-corrected chi connectivity index (χ3v) is 4.23. The van der Waals surface area contributed by atoms with E-state index in [1.807, 2.05) is 37.3 Å². The van der Waals surface area contributed by atoms with E-state index in [9.17, 15) is 4.79 Å². The number of ether oxygens (including phenoxy) is 2. The summed E-state index contributed by atoms with van der Waals surface area (Å²) in [6.07, 6.45) is 0.823. The molecule has 2 aromatic carbocycles. The lowest BCUT2D eigenvalue weighted by Gasteiger charge is -2.19. The van der Waals surface area contributed by atoms with E-state index in [1.54, 1.807) is 19.1 Å². The number of nitrogens with zero attached hydrogens (tertiary/aromatic N) is 1. The summed E-state index contributed by atoms with van der Waals surface area (Å²) in [5.41, 5.74) is 3.49. The first-order chi connectivity index (χ1) is 12.5. The van der Waals surface area contributed by atoms with Crippen LogP contribution in [-0.2, 0) is 13.0 Å². The summed E-state index contributed by atoms with van der Waals surface area (Å²) in [7, 11) is 3.40. The smallest absolute Gasteiger partial charge is 0.317 e. The summed E-state index contributed by atoms with van der Waals surface area (Å²) in [5.74, 6) is 1.39. The highest BCUT2D eigenvalue weighted by Crippen LogP contribution is 2.28. The number of carbonyl (C=O) groups excluding carboxylic acids is 1. The van der Waals surface area contributed by atoms with Gasteiger partial charge in [-0.15, -0.1) is 0 Å². The van der Waals surface area contributed by atoms with Crippen LogP contribution in [0.2, 0.25) is 0 Å². The van der Waals surface area contributed by atoms with Crippen LogP contribution in [-0.4, -0.2) is 38.2 Å². The molecule has 0 spiro atoms. The molecule has 0 saturated heterocycles. The first-order valence-electron chi connectivity index (χ1n) is 8.88. The summed E-state index contributed by atoms with van der Waals surface area (Å²) >= 11 is 0. The Morgan fingerprint density at radius 1 is 1.15 bits per heavy atom. The monoisotopic (exact) mass is 356 g/mol. The van der Waals surface area contributed by atoms with Crippen molar-refractivity contribution in [2.45, 2.75) is 26.8 Å². The highest BCUT2D eigenvalue weighted by atomic mass is 16.5. The Hall–Kier alpha value is -2.69. The Morgan fingerprint density at radius 2 is 1.92 bits per heavy atom. The van der Waals surface area contributed by atoms with Crippen LogP contribution in [0.3, 0.4) is 0 Å². The second-order valence-corrected chi connectivity index (χ2v) is 6.18. The molecule has 0 aliphatic carbocycles. The van der Waals surface area contributed by atoms with Crippen molar-refractivity contribution >= 4 is 6.03 Å². The van der Waals surface area contributed by atoms with E-state index >= 15 is 0 Å². The molecule has 2 rings (SSSR count). The van der Waals surface area contributed by atoms with E-state index in [0.29, 0.717) is 31.2 Å². The molecule has 0 atom stereocenters. The third-order valence-electron chi connectivity index (χ3n) is 4.23. The van der Waals surface area contributed by atoms with Crippen LogP contribution in [0.1, 0.15) is 23.6 Å². The fourth-order valence-electron chi connectivity index (χ4n) is 2.76. The van der Waals surface area contributed by atoms with Gasteiger partial charge in [-0.2, -0.15) is 0 Å². The minimum absolute atomic E-state index is 0.0913. The molecule has 0 fully saturated rings. The summed E-state index contributed by atoms with van der Waals surface area (Å²) < 4.78 is 10.9. The quantitative estimate of drug-likeness (QED) is 0.783. The van der Waals surface area contributed by atoms with E-state index in [1.165, 1.54) is 11.1 Å². The number of aryl methyl sites for hydroxylation is 1. The lowest BCUT2D eigenvalue weighted by Crippen LogP contribution is -2.37. The molecule has 0 heterocycles. The van der Waals surface area contributed by atoms with Gasteiger partial charge in [0.15, 0.2) is 11.5 Å². The average Bonchev–Trinajstić information content (AvgIpc) is 2.64. The molecule has 0 unspecified atom stereocenters. The van der Waals surface area contributed by atoms with Crippen LogP contribution >= 0.6 is 0 Å². The molecule has 0 saturated carbocycles. The van der Waals surface area contributed by atoms with Gasteiger partial charge in [0.25, 0.3) is 0 Å². The van der Waals surface area contributed by atoms with E-state index < -0.39 is 0 Å². The van der Waals surface area contributed by atoms with Crippen molar-refractivity contribution < 1.29 is 14.3 Å². The van der Waals surface area contributed by atoms with Gasteiger partial charge in [0.2, 0.25) is 0 Å². The van der Waals surface area contributed by atoms with Crippen molar-refractivity contribution in [2.24, 2.45) is 0 Å². The van der Waals surface area contributed by atoms with Gasteiger partial charge < -0.3 is 19.7 Å². The number of rotatable bonds is 8. The molecule has 26 heavy (non-hydrogen) atoms. The van der Waals surface area contributed by atoms with Crippen molar-refractivity contribution in [3.8, 4) is 11.5 Å². The molecule has 0 aliphatic heterocycles. The van der Waals surface area contributed by atoms with E-state index in [-0.39, 0.29) is 6.03 Å². The number of methoxy groups -OCH3 is 1. The Balaban J connectivity index is 1.87. The van der Waals surface area contributed by atoms with Crippen LogP contribution in [0, 0.1) is 6.92 Å². The number of benzene rings is 2. The number of hydrogen-bond donors (Lipinski definition) is 1. The van der Waals surface area contributed by atoms with Crippen molar-refractivity contribution in [3.05, 3.63) is 59.2 Å². The van der Waals surface area contributed by atoms with Gasteiger partial charge in [-0.1, -0.05) is 30.3 Å². The largest absolute Gasteiger partial charge is 0.493 e. The highest BCUT2D eigenvalue weighted by Gasteiger charge is 2.11. The number of carbonyl (C=O) groups is 1. The van der Waals surface area contributed by atoms with Crippen molar-refractivity contribution in [2.75, 3.05) is 27.3 Å². The van der Waals surface area contributed by atoms with E-state index in [4.69, 9.17) is 9.47 Å². The molecular formula is C21H28N2O3. The maximum absolute atomic E-state index is 12.3. The van der Waals surface area contributed by atoms with Crippen LogP contribution in [0.5, 0.6) is 11.5 Å². The second kappa shape index (κ2) is 9.70. The van der Waals surface area contributed by atoms with Crippen LogP contribution in [0.4, 0.5) is 4.79 Å². The number of urea groups is 1. The maximum atomic E-state index is 12.3. The third kappa shape index (κ3) is 5.41. The molecule has 0 aromatic heterocycles. The first-order valence-corrected chi connectivity index (χ1v) is 8.88.